The van der Waals surface area contributed by atoms with E-state index in [0.717, 1.165) is 11.3 Å². The molecule has 1 atom stereocenters. The Bertz CT molecular complexity index is 670. The summed E-state index contributed by atoms with van der Waals surface area (Å²) < 4.78 is 0. The summed E-state index contributed by atoms with van der Waals surface area (Å²) in [5.41, 5.74) is 2.61. The van der Waals surface area contributed by atoms with Crippen LogP contribution in [0.25, 0.3) is 0 Å². The summed E-state index contributed by atoms with van der Waals surface area (Å²) in [6, 6.07) is 13.3. The van der Waals surface area contributed by atoms with Gasteiger partial charge in [-0.25, -0.2) is 0 Å². The minimum atomic E-state index is 0.00833. The molecule has 0 N–H and O–H groups in total. The highest BCUT2D eigenvalue weighted by Gasteiger charge is 2.16. The summed E-state index contributed by atoms with van der Waals surface area (Å²) in [7, 11) is 1.97. The van der Waals surface area contributed by atoms with Crippen molar-refractivity contribution in [3.63, 3.8) is 0 Å². The van der Waals surface area contributed by atoms with Gasteiger partial charge in [0.1, 0.15) is 0 Å². The third-order valence-corrected chi connectivity index (χ3v) is 4.18. The average molecular weight is 322 g/mol. The Hall–Kier alpha value is -1.51. The fraction of sp³-hybridized carbons (Fsp3) is 0.235. The van der Waals surface area contributed by atoms with Crippen LogP contribution in [0.2, 0.25) is 10.0 Å². The van der Waals surface area contributed by atoms with E-state index >= 15 is 0 Å². The van der Waals surface area contributed by atoms with Gasteiger partial charge in [0.2, 0.25) is 0 Å². The molecule has 0 bridgehead atoms. The van der Waals surface area contributed by atoms with Gasteiger partial charge in [0.15, 0.2) is 5.78 Å². The van der Waals surface area contributed by atoms with Gasteiger partial charge in [-0.3, -0.25) is 4.79 Å². The molecular weight excluding hydrogens is 305 g/mol. The zero-order chi connectivity index (χ0) is 15.6. The van der Waals surface area contributed by atoms with Gasteiger partial charge in [0, 0.05) is 17.6 Å². The van der Waals surface area contributed by atoms with Gasteiger partial charge >= 0.3 is 0 Å². The molecule has 0 aliphatic rings. The van der Waals surface area contributed by atoms with Crippen molar-refractivity contribution >= 4 is 34.7 Å². The zero-order valence-corrected chi connectivity index (χ0v) is 13.7. The van der Waals surface area contributed by atoms with Crippen LogP contribution >= 0.6 is 23.2 Å². The maximum atomic E-state index is 11.4. The molecule has 0 aliphatic carbocycles. The fourth-order valence-corrected chi connectivity index (χ4v) is 2.72. The minimum Gasteiger partial charge on any atom is -0.367 e. The van der Waals surface area contributed by atoms with Crippen LogP contribution in [0, 0.1) is 0 Å². The molecule has 0 heterocycles. The van der Waals surface area contributed by atoms with Crippen molar-refractivity contribution in [2.24, 2.45) is 0 Å². The average Bonchev–Trinajstić information content (AvgIpc) is 2.45. The Morgan fingerprint density at radius 3 is 2.43 bits per heavy atom. The molecular formula is C17H17Cl2NO. The minimum absolute atomic E-state index is 0.00833. The van der Waals surface area contributed by atoms with Gasteiger partial charge in [0.25, 0.3) is 0 Å². The number of benzene rings is 2. The zero-order valence-electron chi connectivity index (χ0n) is 12.2. The maximum absolute atomic E-state index is 11.4. The van der Waals surface area contributed by atoms with Crippen molar-refractivity contribution in [3.8, 4) is 0 Å². The lowest BCUT2D eigenvalue weighted by Gasteiger charge is -2.28. The number of nitrogens with zero attached hydrogens (tertiary/aromatic N) is 1. The lowest BCUT2D eigenvalue weighted by atomic mass is 10.1. The van der Waals surface area contributed by atoms with E-state index in [-0.39, 0.29) is 11.8 Å². The third kappa shape index (κ3) is 3.58. The molecule has 4 heteroatoms. The quantitative estimate of drug-likeness (QED) is 0.703. The monoisotopic (exact) mass is 321 g/mol. The van der Waals surface area contributed by atoms with Crippen LogP contribution in [-0.4, -0.2) is 12.8 Å². The van der Waals surface area contributed by atoms with E-state index in [1.807, 2.05) is 37.4 Å². The number of ketones is 1. The molecule has 0 aliphatic heterocycles. The fourth-order valence-electron chi connectivity index (χ4n) is 2.21. The molecule has 0 saturated heterocycles. The molecule has 2 nitrogen and oxygen atoms in total. The second-order valence-corrected chi connectivity index (χ2v) is 5.91. The van der Waals surface area contributed by atoms with Crippen LogP contribution in [-0.2, 0) is 0 Å². The van der Waals surface area contributed by atoms with Crippen LogP contribution in [0.1, 0.15) is 35.8 Å². The molecule has 0 fully saturated rings. The third-order valence-electron chi connectivity index (χ3n) is 3.65. The standard InChI is InChI=1S/C17H17Cl2NO/c1-11(13-5-4-6-15(18)9-13)20(3)17-8-7-14(12(2)21)10-16(17)19/h4-11H,1-3H3. The highest BCUT2D eigenvalue weighted by atomic mass is 35.5. The van der Waals surface area contributed by atoms with Gasteiger partial charge in [-0.15, -0.1) is 0 Å². The van der Waals surface area contributed by atoms with Crippen molar-refractivity contribution in [2.75, 3.05) is 11.9 Å². The molecule has 2 aromatic rings. The number of Topliss-reactive ketones (excluding diaryl/α,β-unsaturated/α-hetero) is 1. The van der Waals surface area contributed by atoms with E-state index in [0.29, 0.717) is 15.6 Å². The van der Waals surface area contributed by atoms with E-state index < -0.39 is 0 Å². The van der Waals surface area contributed by atoms with Crippen molar-refractivity contribution < 1.29 is 4.79 Å². The Balaban J connectivity index is 2.31. The van der Waals surface area contributed by atoms with Gasteiger partial charge in [0.05, 0.1) is 16.8 Å². The summed E-state index contributed by atoms with van der Waals surface area (Å²) in [5, 5.41) is 1.28. The molecule has 0 radical (unpaired) electrons. The van der Waals surface area contributed by atoms with Crippen molar-refractivity contribution in [2.45, 2.75) is 19.9 Å². The first-order valence-electron chi connectivity index (χ1n) is 6.69. The van der Waals surface area contributed by atoms with Crippen LogP contribution in [0.3, 0.4) is 0 Å². The van der Waals surface area contributed by atoms with E-state index in [4.69, 9.17) is 23.2 Å². The summed E-state index contributed by atoms with van der Waals surface area (Å²) in [4.78, 5) is 13.5. The smallest absolute Gasteiger partial charge is 0.159 e. The number of carbonyl (C=O) groups excluding carboxylic acids is 1. The first kappa shape index (κ1) is 15.9. The lowest BCUT2D eigenvalue weighted by Crippen LogP contribution is -2.22. The summed E-state index contributed by atoms with van der Waals surface area (Å²) in [6.45, 7) is 3.62. The highest BCUT2D eigenvalue weighted by molar-refractivity contribution is 6.33. The normalized spacial score (nSPS) is 12.0. The predicted molar refractivity (Wildman–Crippen MR) is 89.7 cm³/mol. The molecule has 0 saturated carbocycles. The summed E-state index contributed by atoms with van der Waals surface area (Å²) >= 11 is 12.4. The molecule has 2 aromatic carbocycles. The molecule has 0 spiro atoms. The van der Waals surface area contributed by atoms with Crippen LogP contribution in [0.4, 0.5) is 5.69 Å². The summed E-state index contributed by atoms with van der Waals surface area (Å²) in [5.74, 6) is 0.00833. The first-order chi connectivity index (χ1) is 9.90. The van der Waals surface area contributed by atoms with Gasteiger partial charge < -0.3 is 4.90 Å². The highest BCUT2D eigenvalue weighted by Crippen LogP contribution is 2.32. The molecule has 2 rings (SSSR count). The number of halogens is 2. The van der Waals surface area contributed by atoms with E-state index in [9.17, 15) is 4.79 Å². The van der Waals surface area contributed by atoms with E-state index in [1.54, 1.807) is 12.1 Å². The van der Waals surface area contributed by atoms with Crippen LogP contribution < -0.4 is 4.90 Å². The van der Waals surface area contributed by atoms with Gasteiger partial charge in [-0.05, 0) is 49.7 Å². The first-order valence-corrected chi connectivity index (χ1v) is 7.44. The van der Waals surface area contributed by atoms with Crippen molar-refractivity contribution in [3.05, 3.63) is 63.6 Å². The maximum Gasteiger partial charge on any atom is 0.159 e. The second-order valence-electron chi connectivity index (χ2n) is 5.06. The predicted octanol–water partition coefficient (Wildman–Crippen LogP) is 5.39. The SMILES string of the molecule is CC(=O)c1ccc(N(C)C(C)c2cccc(Cl)c2)c(Cl)c1. The second kappa shape index (κ2) is 6.50. The van der Waals surface area contributed by atoms with Crippen LogP contribution in [0.15, 0.2) is 42.5 Å². The largest absolute Gasteiger partial charge is 0.367 e. The van der Waals surface area contributed by atoms with E-state index in [1.165, 1.54) is 6.92 Å². The van der Waals surface area contributed by atoms with Crippen LogP contribution in [0.5, 0.6) is 0 Å². The van der Waals surface area contributed by atoms with Crippen molar-refractivity contribution in [1.29, 1.82) is 0 Å². The Morgan fingerprint density at radius 2 is 1.86 bits per heavy atom. The summed E-state index contributed by atoms with van der Waals surface area (Å²) in [6.07, 6.45) is 0. The molecule has 21 heavy (non-hydrogen) atoms. The van der Waals surface area contributed by atoms with Crippen molar-refractivity contribution in [1.82, 2.24) is 0 Å². The number of carbonyl (C=O) groups is 1. The Labute approximate surface area is 135 Å². The topological polar surface area (TPSA) is 20.3 Å². The molecule has 0 amide bonds. The Kier molecular flexibility index (Phi) is 4.92. The Morgan fingerprint density at radius 1 is 1.14 bits per heavy atom. The molecule has 110 valence electrons. The van der Waals surface area contributed by atoms with Gasteiger partial charge in [-0.2, -0.15) is 0 Å². The number of rotatable bonds is 4. The van der Waals surface area contributed by atoms with E-state index in [2.05, 4.69) is 11.8 Å². The number of hydrogen-bond donors (Lipinski definition) is 0. The molecule has 1 unspecified atom stereocenters. The number of anilines is 1. The van der Waals surface area contributed by atoms with Gasteiger partial charge in [-0.1, -0.05) is 35.3 Å². The lowest BCUT2D eigenvalue weighted by molar-refractivity contribution is 0.101. The number of hydrogen-bond acceptors (Lipinski definition) is 2. The molecule has 0 aromatic heterocycles.